The van der Waals surface area contributed by atoms with Crippen molar-refractivity contribution in [3.05, 3.63) is 58.1 Å². The van der Waals surface area contributed by atoms with Crippen LogP contribution in [0, 0.1) is 0 Å². The number of halogens is 2. The number of ether oxygens (including phenoxy) is 1. The number of nitrogens with zero attached hydrogens (tertiary/aromatic N) is 2. The van der Waals surface area contributed by atoms with Gasteiger partial charge >= 0.3 is 0 Å². The van der Waals surface area contributed by atoms with E-state index in [9.17, 15) is 18.0 Å². The van der Waals surface area contributed by atoms with E-state index in [4.69, 9.17) is 27.9 Å². The maximum atomic E-state index is 13.5. The summed E-state index contributed by atoms with van der Waals surface area (Å²) in [4.78, 5) is 28.0. The van der Waals surface area contributed by atoms with Crippen molar-refractivity contribution in [1.29, 1.82) is 0 Å². The minimum absolute atomic E-state index is 0.0578. The fourth-order valence-corrected chi connectivity index (χ4v) is 5.36. The van der Waals surface area contributed by atoms with Gasteiger partial charge in [0.2, 0.25) is 21.8 Å². The zero-order valence-electron chi connectivity index (χ0n) is 22.4. The summed E-state index contributed by atoms with van der Waals surface area (Å²) in [6.45, 7) is 4.76. The molecule has 0 aliphatic carbocycles. The Balaban J connectivity index is 2.21. The molecular formula is C27H37Cl2N3O5S. The number of hydrogen-bond donors (Lipinski definition) is 1. The Labute approximate surface area is 236 Å². The molecule has 0 aromatic heterocycles. The first-order valence-corrected chi connectivity index (χ1v) is 15.2. The molecule has 0 radical (unpaired) electrons. The first-order valence-electron chi connectivity index (χ1n) is 12.6. The quantitative estimate of drug-likeness (QED) is 0.287. The van der Waals surface area contributed by atoms with Gasteiger partial charge in [0.15, 0.2) is 0 Å². The molecule has 2 aromatic rings. The molecule has 0 aliphatic rings. The SMILES string of the molecule is CCCCNC(=O)C(CC)N(Cc1ccc(Cl)cc1)C(=O)CCCN(c1ccc(OC)c(Cl)c1)S(C)(=O)=O. The smallest absolute Gasteiger partial charge is 0.242 e. The van der Waals surface area contributed by atoms with Crippen molar-refractivity contribution in [1.82, 2.24) is 10.2 Å². The van der Waals surface area contributed by atoms with E-state index in [0.717, 1.165) is 24.7 Å². The van der Waals surface area contributed by atoms with Crippen LogP contribution in [0.4, 0.5) is 5.69 Å². The molecule has 2 rings (SSSR count). The van der Waals surface area contributed by atoms with Gasteiger partial charge in [-0.1, -0.05) is 55.6 Å². The number of sulfonamides is 1. The number of anilines is 1. The molecule has 0 saturated heterocycles. The van der Waals surface area contributed by atoms with Crippen LogP contribution in [0.5, 0.6) is 5.75 Å². The largest absolute Gasteiger partial charge is 0.495 e. The summed E-state index contributed by atoms with van der Waals surface area (Å²) in [6, 6.07) is 11.2. The number of carbonyl (C=O) groups excluding carboxylic acids is 2. The zero-order chi connectivity index (χ0) is 28.3. The number of hydrogen-bond acceptors (Lipinski definition) is 5. The highest BCUT2D eigenvalue weighted by Crippen LogP contribution is 2.30. The Morgan fingerprint density at radius 1 is 1.05 bits per heavy atom. The topological polar surface area (TPSA) is 96.0 Å². The summed E-state index contributed by atoms with van der Waals surface area (Å²) in [6.07, 6.45) is 3.65. The molecule has 0 saturated carbocycles. The molecule has 8 nitrogen and oxygen atoms in total. The minimum atomic E-state index is -3.64. The summed E-state index contributed by atoms with van der Waals surface area (Å²) < 4.78 is 31.4. The first kappa shape index (κ1) is 31.7. The molecule has 0 aliphatic heterocycles. The molecule has 210 valence electrons. The third kappa shape index (κ3) is 9.36. The number of benzene rings is 2. The summed E-state index contributed by atoms with van der Waals surface area (Å²) in [5, 5.41) is 3.79. The highest BCUT2D eigenvalue weighted by atomic mass is 35.5. The number of carbonyl (C=O) groups is 2. The van der Waals surface area contributed by atoms with Gasteiger partial charge in [-0.3, -0.25) is 13.9 Å². The van der Waals surface area contributed by atoms with E-state index in [1.807, 2.05) is 26.0 Å². The van der Waals surface area contributed by atoms with Crippen molar-refractivity contribution >= 4 is 50.7 Å². The van der Waals surface area contributed by atoms with Crippen molar-refractivity contribution in [2.45, 2.75) is 58.5 Å². The average Bonchev–Trinajstić information content (AvgIpc) is 2.87. The van der Waals surface area contributed by atoms with Gasteiger partial charge in [-0.15, -0.1) is 0 Å². The second-order valence-corrected chi connectivity index (χ2v) is 11.7. The standard InChI is InChI=1S/C27H37Cl2N3O5S/c1-5-7-16-30-27(34)24(6-2)31(19-20-10-12-21(28)13-11-20)26(33)9-8-17-32(38(4,35)36)22-14-15-25(37-3)23(29)18-22/h10-15,18,24H,5-9,16-17,19H2,1-4H3,(H,30,34). The minimum Gasteiger partial charge on any atom is -0.495 e. The van der Waals surface area contributed by atoms with Crippen LogP contribution in [0.1, 0.15) is 51.5 Å². The molecule has 0 spiro atoms. The van der Waals surface area contributed by atoms with Crippen LogP contribution in [0.25, 0.3) is 0 Å². The predicted molar refractivity (Wildman–Crippen MR) is 153 cm³/mol. The third-order valence-corrected chi connectivity index (χ3v) is 7.80. The number of unbranched alkanes of at least 4 members (excludes halogenated alkanes) is 1. The van der Waals surface area contributed by atoms with Gasteiger partial charge in [0.05, 0.1) is 24.1 Å². The van der Waals surface area contributed by atoms with E-state index in [-0.39, 0.29) is 42.8 Å². The van der Waals surface area contributed by atoms with Crippen LogP contribution in [-0.2, 0) is 26.2 Å². The highest BCUT2D eigenvalue weighted by Gasteiger charge is 2.28. The van der Waals surface area contributed by atoms with Crippen molar-refractivity contribution in [2.75, 3.05) is 30.8 Å². The number of methoxy groups -OCH3 is 1. The fraction of sp³-hybridized carbons (Fsp3) is 0.481. The molecule has 2 amide bonds. The maximum Gasteiger partial charge on any atom is 0.242 e. The van der Waals surface area contributed by atoms with Crippen molar-refractivity contribution in [3.63, 3.8) is 0 Å². The maximum absolute atomic E-state index is 13.5. The van der Waals surface area contributed by atoms with Gasteiger partial charge < -0.3 is 15.0 Å². The van der Waals surface area contributed by atoms with Gasteiger partial charge in [0.25, 0.3) is 0 Å². The van der Waals surface area contributed by atoms with E-state index in [1.54, 1.807) is 29.2 Å². The van der Waals surface area contributed by atoms with Crippen LogP contribution in [0.3, 0.4) is 0 Å². The van der Waals surface area contributed by atoms with Gasteiger partial charge in [-0.2, -0.15) is 0 Å². The zero-order valence-corrected chi connectivity index (χ0v) is 24.7. The predicted octanol–water partition coefficient (Wildman–Crippen LogP) is 5.27. The van der Waals surface area contributed by atoms with Gasteiger partial charge in [-0.25, -0.2) is 8.42 Å². The second kappa shape index (κ2) is 15.2. The van der Waals surface area contributed by atoms with Crippen LogP contribution >= 0.6 is 23.2 Å². The van der Waals surface area contributed by atoms with Gasteiger partial charge in [-0.05, 0) is 55.2 Å². The molecule has 0 bridgehead atoms. The second-order valence-electron chi connectivity index (χ2n) is 8.97. The third-order valence-electron chi connectivity index (χ3n) is 6.06. The summed E-state index contributed by atoms with van der Waals surface area (Å²) in [5.74, 6) is -0.00716. The normalized spacial score (nSPS) is 12.1. The molecule has 2 aromatic carbocycles. The lowest BCUT2D eigenvalue weighted by Gasteiger charge is -2.31. The molecule has 0 fully saturated rings. The highest BCUT2D eigenvalue weighted by molar-refractivity contribution is 7.92. The Morgan fingerprint density at radius 3 is 2.29 bits per heavy atom. The monoisotopic (exact) mass is 585 g/mol. The van der Waals surface area contributed by atoms with Gasteiger partial charge in [0, 0.05) is 31.1 Å². The van der Waals surface area contributed by atoms with Gasteiger partial charge in [0.1, 0.15) is 11.8 Å². The number of amides is 2. The first-order chi connectivity index (χ1) is 18.0. The van der Waals surface area contributed by atoms with Crippen LogP contribution in [0.2, 0.25) is 10.0 Å². The van der Waals surface area contributed by atoms with E-state index < -0.39 is 16.1 Å². The number of nitrogens with one attached hydrogen (secondary N) is 1. The van der Waals surface area contributed by atoms with E-state index in [0.29, 0.717) is 29.4 Å². The Hall–Kier alpha value is -2.49. The van der Waals surface area contributed by atoms with Crippen LogP contribution in [0.15, 0.2) is 42.5 Å². The van der Waals surface area contributed by atoms with E-state index in [1.165, 1.54) is 17.5 Å². The van der Waals surface area contributed by atoms with Crippen molar-refractivity contribution in [3.8, 4) is 5.75 Å². The molecule has 1 unspecified atom stereocenters. The Morgan fingerprint density at radius 2 is 1.74 bits per heavy atom. The molecule has 0 heterocycles. The van der Waals surface area contributed by atoms with Crippen LogP contribution in [-0.4, -0.2) is 57.6 Å². The van der Waals surface area contributed by atoms with Crippen molar-refractivity contribution < 1.29 is 22.7 Å². The molecule has 11 heteroatoms. The summed E-state index contributed by atoms with van der Waals surface area (Å²) in [7, 11) is -2.16. The summed E-state index contributed by atoms with van der Waals surface area (Å²) >= 11 is 12.2. The summed E-state index contributed by atoms with van der Waals surface area (Å²) in [5.41, 5.74) is 1.22. The lowest BCUT2D eigenvalue weighted by Crippen LogP contribution is -2.49. The van der Waals surface area contributed by atoms with Crippen molar-refractivity contribution in [2.24, 2.45) is 0 Å². The number of rotatable bonds is 15. The van der Waals surface area contributed by atoms with E-state index >= 15 is 0 Å². The fourth-order valence-electron chi connectivity index (χ4n) is 4.03. The molecular weight excluding hydrogens is 549 g/mol. The lowest BCUT2D eigenvalue weighted by molar-refractivity contribution is -0.141. The molecule has 1 N–H and O–H groups in total. The Kier molecular flexibility index (Phi) is 12.7. The van der Waals surface area contributed by atoms with E-state index in [2.05, 4.69) is 5.32 Å². The Bertz CT molecular complexity index is 1180. The lowest BCUT2D eigenvalue weighted by atomic mass is 10.1. The molecule has 1 atom stereocenters. The molecule has 38 heavy (non-hydrogen) atoms. The van der Waals surface area contributed by atoms with Crippen LogP contribution < -0.4 is 14.4 Å². The average molecular weight is 587 g/mol.